The Hall–Kier alpha value is -2.34. The summed E-state index contributed by atoms with van der Waals surface area (Å²) in [6.07, 6.45) is 0. The predicted octanol–water partition coefficient (Wildman–Crippen LogP) is 0.765. The molecule has 0 aliphatic carbocycles. The second kappa shape index (κ2) is 9.22. The minimum atomic E-state index is -2.70. The topological polar surface area (TPSA) is 99.4 Å². The van der Waals surface area contributed by atoms with Crippen molar-refractivity contribution in [3.8, 4) is 11.5 Å². The molecule has 0 heterocycles. The second-order valence-corrected chi connectivity index (χ2v) is 4.10. The van der Waals surface area contributed by atoms with Gasteiger partial charge in [0.1, 0.15) is 5.75 Å². The van der Waals surface area contributed by atoms with Crippen LogP contribution in [0.15, 0.2) is 30.3 Å². The Morgan fingerprint density at radius 2 is 1.00 bits per heavy atom. The summed E-state index contributed by atoms with van der Waals surface area (Å²) in [4.78, 5) is 0. The Bertz CT molecular complexity index is 675. The van der Waals surface area contributed by atoms with Gasteiger partial charge in [0, 0.05) is 0 Å². The number of hydrogen-bond acceptors (Lipinski definition) is 6. The summed E-state index contributed by atoms with van der Waals surface area (Å²) < 4.78 is 70.8. The maximum Gasteiger partial charge on any atom is 0.707 e. The lowest BCUT2D eigenvalue weighted by molar-refractivity contribution is 0.263. The van der Waals surface area contributed by atoms with Crippen LogP contribution in [0.25, 0.3) is 0 Å². The molecule has 0 unspecified atom stereocenters. The molecular formula is C12H9B2F5O6. The van der Waals surface area contributed by atoms with Gasteiger partial charge in [-0.3, -0.25) is 0 Å². The highest BCUT2D eigenvalue weighted by Gasteiger charge is 2.29. The Balaban J connectivity index is 0.000000271. The van der Waals surface area contributed by atoms with Crippen molar-refractivity contribution in [2.24, 2.45) is 0 Å². The molecule has 2 aromatic carbocycles. The van der Waals surface area contributed by atoms with Crippen LogP contribution in [0, 0.1) is 29.1 Å². The summed E-state index contributed by atoms with van der Waals surface area (Å²) in [5.41, 5.74) is 0. The molecule has 0 amide bonds. The summed E-state index contributed by atoms with van der Waals surface area (Å²) in [6, 6.07) is 8.59. The highest BCUT2D eigenvalue weighted by Crippen LogP contribution is 2.29. The van der Waals surface area contributed by atoms with Crippen molar-refractivity contribution in [1.29, 1.82) is 0 Å². The first kappa shape index (κ1) is 20.7. The van der Waals surface area contributed by atoms with Crippen LogP contribution in [-0.4, -0.2) is 34.7 Å². The van der Waals surface area contributed by atoms with Crippen LogP contribution in [0.2, 0.25) is 0 Å². The van der Waals surface area contributed by atoms with Gasteiger partial charge in [-0.05, 0) is 12.1 Å². The van der Waals surface area contributed by atoms with Gasteiger partial charge in [0.15, 0.2) is 5.75 Å². The monoisotopic (exact) mass is 366 g/mol. The minimum absolute atomic E-state index is 0.442. The van der Waals surface area contributed by atoms with Crippen molar-refractivity contribution < 1.29 is 51.4 Å². The standard InChI is InChI=1S/C6H2BF5O3.C6H7BO3/c8-1-2(9)4(11)6(15-7(13)14)5(12)3(1)10;8-7(9)10-6-4-2-1-3-5-6/h13-14H;1-5,8-9H. The molecule has 0 aromatic heterocycles. The van der Waals surface area contributed by atoms with E-state index >= 15 is 0 Å². The van der Waals surface area contributed by atoms with E-state index in [9.17, 15) is 22.0 Å². The average molecular weight is 366 g/mol. The van der Waals surface area contributed by atoms with E-state index in [0.717, 1.165) is 0 Å². The number of hydrogen-bond donors (Lipinski definition) is 4. The summed E-state index contributed by atoms with van der Waals surface area (Å²) >= 11 is 0. The first-order valence-electron chi connectivity index (χ1n) is 6.27. The average Bonchev–Trinajstić information content (AvgIpc) is 2.56. The molecule has 0 fully saturated rings. The van der Waals surface area contributed by atoms with Crippen molar-refractivity contribution in [3.05, 3.63) is 59.4 Å². The first-order valence-corrected chi connectivity index (χ1v) is 6.27. The van der Waals surface area contributed by atoms with E-state index in [1.165, 1.54) is 0 Å². The molecule has 0 radical (unpaired) electrons. The number of halogens is 5. The Morgan fingerprint density at radius 3 is 1.40 bits per heavy atom. The second-order valence-electron chi connectivity index (χ2n) is 4.10. The third kappa shape index (κ3) is 5.90. The molecule has 25 heavy (non-hydrogen) atoms. The van der Waals surface area contributed by atoms with E-state index < -0.39 is 49.5 Å². The molecule has 0 spiro atoms. The Morgan fingerprint density at radius 1 is 0.600 bits per heavy atom. The lowest BCUT2D eigenvalue weighted by atomic mass is 10.2. The summed E-state index contributed by atoms with van der Waals surface area (Å²) in [5, 5.41) is 33.0. The lowest BCUT2D eigenvalue weighted by Gasteiger charge is -2.08. The fourth-order valence-electron chi connectivity index (χ4n) is 1.41. The van der Waals surface area contributed by atoms with Gasteiger partial charge in [-0.25, -0.2) is 13.2 Å². The highest BCUT2D eigenvalue weighted by molar-refractivity contribution is 6.34. The zero-order valence-corrected chi connectivity index (χ0v) is 12.0. The number of benzene rings is 2. The van der Waals surface area contributed by atoms with Crippen LogP contribution in [0.3, 0.4) is 0 Å². The quantitative estimate of drug-likeness (QED) is 0.276. The zero-order valence-electron chi connectivity index (χ0n) is 12.0. The van der Waals surface area contributed by atoms with Gasteiger partial charge < -0.3 is 29.4 Å². The lowest BCUT2D eigenvalue weighted by Crippen LogP contribution is -2.23. The molecule has 2 aromatic rings. The van der Waals surface area contributed by atoms with E-state index in [0.29, 0.717) is 5.75 Å². The van der Waals surface area contributed by atoms with Gasteiger partial charge in [0.05, 0.1) is 0 Å². The van der Waals surface area contributed by atoms with E-state index in [4.69, 9.17) is 20.1 Å². The van der Waals surface area contributed by atoms with Crippen LogP contribution in [0.4, 0.5) is 22.0 Å². The van der Waals surface area contributed by atoms with Crippen molar-refractivity contribution >= 4 is 14.6 Å². The fourth-order valence-corrected chi connectivity index (χ4v) is 1.41. The molecule has 0 atom stereocenters. The molecule has 0 saturated carbocycles. The van der Waals surface area contributed by atoms with Crippen LogP contribution >= 0.6 is 0 Å². The van der Waals surface area contributed by atoms with E-state index in [-0.39, 0.29) is 0 Å². The third-order valence-electron chi connectivity index (χ3n) is 2.38. The van der Waals surface area contributed by atoms with Gasteiger partial charge in [0.25, 0.3) is 0 Å². The molecule has 134 valence electrons. The smallest absolute Gasteiger partial charge is 0.512 e. The van der Waals surface area contributed by atoms with E-state index in [1.807, 2.05) is 6.07 Å². The fraction of sp³-hybridized carbons (Fsp3) is 0. The summed E-state index contributed by atoms with van der Waals surface area (Å²) in [7, 11) is -4.43. The molecule has 0 saturated heterocycles. The molecule has 4 N–H and O–H groups in total. The molecule has 6 nitrogen and oxygen atoms in total. The highest BCUT2D eigenvalue weighted by atomic mass is 19.2. The summed E-state index contributed by atoms with van der Waals surface area (Å²) in [5.74, 6) is -12.7. The normalized spacial score (nSPS) is 9.80. The maximum atomic E-state index is 12.7. The van der Waals surface area contributed by atoms with Gasteiger partial charge >= 0.3 is 14.6 Å². The van der Waals surface area contributed by atoms with Crippen LogP contribution in [0.5, 0.6) is 11.5 Å². The van der Waals surface area contributed by atoms with Gasteiger partial charge in [0.2, 0.25) is 29.1 Å². The third-order valence-corrected chi connectivity index (χ3v) is 2.38. The van der Waals surface area contributed by atoms with Crippen molar-refractivity contribution in [2.45, 2.75) is 0 Å². The molecule has 0 bridgehead atoms. The molecular weight excluding hydrogens is 357 g/mol. The van der Waals surface area contributed by atoms with E-state index in [1.54, 1.807) is 24.3 Å². The van der Waals surface area contributed by atoms with Gasteiger partial charge in [-0.1, -0.05) is 18.2 Å². The van der Waals surface area contributed by atoms with Gasteiger partial charge in [-0.2, -0.15) is 8.78 Å². The maximum absolute atomic E-state index is 12.7. The van der Waals surface area contributed by atoms with Crippen molar-refractivity contribution in [2.75, 3.05) is 0 Å². The van der Waals surface area contributed by atoms with Crippen molar-refractivity contribution in [1.82, 2.24) is 0 Å². The molecule has 0 aliphatic heterocycles. The number of rotatable bonds is 4. The number of para-hydroxylation sites is 1. The van der Waals surface area contributed by atoms with Crippen molar-refractivity contribution in [3.63, 3.8) is 0 Å². The van der Waals surface area contributed by atoms with E-state index in [2.05, 4.69) is 9.31 Å². The molecule has 2 rings (SSSR count). The Labute approximate surface area is 138 Å². The molecule has 0 aliphatic rings. The largest absolute Gasteiger partial charge is 0.707 e. The van der Waals surface area contributed by atoms with Crippen LogP contribution in [0.1, 0.15) is 0 Å². The predicted molar refractivity (Wildman–Crippen MR) is 74.3 cm³/mol. The van der Waals surface area contributed by atoms with Crippen LogP contribution in [-0.2, 0) is 0 Å². The zero-order chi connectivity index (χ0) is 19.1. The minimum Gasteiger partial charge on any atom is -0.512 e. The van der Waals surface area contributed by atoms with Crippen LogP contribution < -0.4 is 9.31 Å². The molecule has 13 heteroatoms. The summed E-state index contributed by atoms with van der Waals surface area (Å²) in [6.45, 7) is 0. The first-order chi connectivity index (χ1) is 11.6. The SMILES string of the molecule is OB(O)Oc1c(F)c(F)c(F)c(F)c1F.OB(O)Oc1ccccc1. The van der Waals surface area contributed by atoms with Gasteiger partial charge in [-0.15, -0.1) is 0 Å². The Kier molecular flexibility index (Phi) is 7.64.